The first kappa shape index (κ1) is 29.0. The van der Waals surface area contributed by atoms with E-state index < -0.39 is 63.5 Å². The fraction of sp³-hybridized carbons (Fsp3) is 0.250. The molecule has 208 valence electrons. The normalized spacial score (nSPS) is 22.6. The van der Waals surface area contributed by atoms with E-state index in [1.165, 1.54) is 43.5 Å². The highest BCUT2D eigenvalue weighted by Crippen LogP contribution is 2.32. The second-order valence-corrected chi connectivity index (χ2v) is 9.25. The van der Waals surface area contributed by atoms with E-state index >= 15 is 0 Å². The Bertz CT molecular complexity index is 1300. The van der Waals surface area contributed by atoms with Gasteiger partial charge in [-0.15, -0.1) is 9.42 Å². The van der Waals surface area contributed by atoms with Crippen LogP contribution in [0.5, 0.6) is 0 Å². The Balaban J connectivity index is 1.72. The molecule has 6 atom stereocenters. The lowest BCUT2D eigenvalue weighted by molar-refractivity contribution is -0.290. The average molecular weight is 569 g/mol. The molecule has 1 heterocycles. The molecule has 1 saturated heterocycles. The molecule has 0 aliphatic carbocycles. The summed E-state index contributed by atoms with van der Waals surface area (Å²) in [5, 5.41) is 0. The summed E-state index contributed by atoms with van der Waals surface area (Å²) in [7, 11) is -1.79. The number of hydrogen-bond acceptors (Lipinski definition) is 10. The summed E-state index contributed by atoms with van der Waals surface area (Å²) in [6.45, 7) is -0.545. The maximum absolute atomic E-state index is 13.2. The first-order valence-electron chi connectivity index (χ1n) is 12.1. The van der Waals surface area contributed by atoms with E-state index in [1.807, 2.05) is 0 Å². The van der Waals surface area contributed by atoms with E-state index in [2.05, 4.69) is 0 Å². The molecule has 1 fully saturated rings. The van der Waals surface area contributed by atoms with Crippen LogP contribution in [0.3, 0.4) is 0 Å². The molecule has 1 aliphatic heterocycles. The van der Waals surface area contributed by atoms with Gasteiger partial charge >= 0.3 is 26.2 Å². The Hall–Kier alpha value is -3.99. The molecule has 3 aromatic rings. The molecular formula is C28H26O11P+. The highest BCUT2D eigenvalue weighted by molar-refractivity contribution is 7.32. The van der Waals surface area contributed by atoms with E-state index in [4.69, 9.17) is 28.2 Å². The van der Waals surface area contributed by atoms with Crippen LogP contribution in [0.4, 0.5) is 0 Å². The standard InChI is InChI=1S/C28H25O11P/c1-34-28-24(39-27(31)20-15-9-4-10-16-20)23(38-26(30)19-13-7-3-8-14-19)22(21(36-28)17-35-40(32)33)37-25(29)18-11-5-2-6-12-18/h2-16,21-24,28H,17H2,1H3/p+1/t21-,22-,23+,24-,28+/m1/s1. The van der Waals surface area contributed by atoms with Crippen LogP contribution in [0.15, 0.2) is 91.0 Å². The van der Waals surface area contributed by atoms with Crippen molar-refractivity contribution in [1.29, 1.82) is 0 Å². The van der Waals surface area contributed by atoms with Gasteiger partial charge in [0.15, 0.2) is 24.6 Å². The summed E-state index contributed by atoms with van der Waals surface area (Å²) >= 11 is 0. The number of carbonyl (C=O) groups excluding carboxylic acids is 3. The Kier molecular flexibility index (Phi) is 10.1. The number of methoxy groups -OCH3 is 1. The van der Waals surface area contributed by atoms with E-state index in [1.54, 1.807) is 54.6 Å². The second kappa shape index (κ2) is 13.9. The number of carbonyl (C=O) groups is 3. The molecule has 0 bridgehead atoms. The van der Waals surface area contributed by atoms with Crippen molar-refractivity contribution in [1.82, 2.24) is 0 Å². The van der Waals surface area contributed by atoms with Crippen LogP contribution in [-0.4, -0.2) is 67.2 Å². The Morgan fingerprint density at radius 3 is 1.50 bits per heavy atom. The van der Waals surface area contributed by atoms with Crippen LogP contribution < -0.4 is 0 Å². The molecule has 0 saturated carbocycles. The average Bonchev–Trinajstić information content (AvgIpc) is 2.99. The van der Waals surface area contributed by atoms with Crippen molar-refractivity contribution in [2.75, 3.05) is 13.7 Å². The molecule has 12 heteroatoms. The zero-order chi connectivity index (χ0) is 28.5. The monoisotopic (exact) mass is 569 g/mol. The number of rotatable bonds is 10. The van der Waals surface area contributed by atoms with Crippen LogP contribution in [0.1, 0.15) is 31.1 Å². The molecule has 0 radical (unpaired) electrons. The lowest BCUT2D eigenvalue weighted by Gasteiger charge is -2.43. The molecule has 40 heavy (non-hydrogen) atoms. The summed E-state index contributed by atoms with van der Waals surface area (Å²) < 4.78 is 44.7. The SMILES string of the molecule is CO[C@H]1O[C@H](CO[P+](=O)O)[C@@H](OC(=O)c2ccccc2)[C@H](OC(=O)c2ccccc2)[C@H]1OC(=O)c1ccccc1. The van der Waals surface area contributed by atoms with Crippen LogP contribution in [0.25, 0.3) is 0 Å². The smallest absolute Gasteiger partial charge is 0.452 e. The highest BCUT2D eigenvalue weighted by atomic mass is 31.1. The van der Waals surface area contributed by atoms with Gasteiger partial charge in [-0.2, -0.15) is 0 Å². The second-order valence-electron chi connectivity index (χ2n) is 8.52. The fourth-order valence-corrected chi connectivity index (χ4v) is 4.31. The predicted octanol–water partition coefficient (Wildman–Crippen LogP) is 3.70. The summed E-state index contributed by atoms with van der Waals surface area (Å²) in [4.78, 5) is 48.6. The Morgan fingerprint density at radius 2 is 1.10 bits per heavy atom. The van der Waals surface area contributed by atoms with Gasteiger partial charge < -0.3 is 23.7 Å². The largest absolute Gasteiger partial charge is 0.694 e. The van der Waals surface area contributed by atoms with Crippen molar-refractivity contribution in [3.63, 3.8) is 0 Å². The molecule has 1 N–H and O–H groups in total. The van der Waals surface area contributed by atoms with Crippen LogP contribution in [-0.2, 0) is 32.8 Å². The fourth-order valence-electron chi connectivity index (χ4n) is 4.04. The van der Waals surface area contributed by atoms with E-state index in [-0.39, 0.29) is 16.7 Å². The lowest BCUT2D eigenvalue weighted by Crippen LogP contribution is -2.62. The summed E-state index contributed by atoms with van der Waals surface area (Å²) in [6.07, 6.45) is -6.94. The highest BCUT2D eigenvalue weighted by Gasteiger charge is 2.53. The zero-order valence-corrected chi connectivity index (χ0v) is 22.1. The van der Waals surface area contributed by atoms with E-state index in [0.717, 1.165) is 0 Å². The zero-order valence-electron chi connectivity index (χ0n) is 21.2. The van der Waals surface area contributed by atoms with Gasteiger partial charge in [-0.25, -0.2) is 14.4 Å². The molecule has 1 aliphatic rings. The molecule has 3 aromatic carbocycles. The van der Waals surface area contributed by atoms with Gasteiger partial charge in [-0.1, -0.05) is 54.6 Å². The Morgan fingerprint density at radius 1 is 0.700 bits per heavy atom. The van der Waals surface area contributed by atoms with Gasteiger partial charge in [0.1, 0.15) is 12.7 Å². The summed E-state index contributed by atoms with van der Waals surface area (Å²) in [5.74, 6) is -2.40. The van der Waals surface area contributed by atoms with E-state index in [0.29, 0.717) is 0 Å². The number of benzene rings is 3. The molecule has 0 aromatic heterocycles. The minimum atomic E-state index is -3.05. The van der Waals surface area contributed by atoms with Crippen molar-refractivity contribution < 1.29 is 52.1 Å². The topological polar surface area (TPSA) is 144 Å². The first-order chi connectivity index (χ1) is 19.4. The summed E-state index contributed by atoms with van der Waals surface area (Å²) in [5.41, 5.74) is 0.553. The molecule has 11 nitrogen and oxygen atoms in total. The maximum atomic E-state index is 13.2. The minimum Gasteiger partial charge on any atom is -0.452 e. The molecule has 4 rings (SSSR count). The van der Waals surface area contributed by atoms with Gasteiger partial charge in [0.2, 0.25) is 0 Å². The first-order valence-corrected chi connectivity index (χ1v) is 13.3. The lowest BCUT2D eigenvalue weighted by atomic mass is 9.97. The van der Waals surface area contributed by atoms with Gasteiger partial charge in [0.05, 0.1) is 16.7 Å². The number of esters is 3. The van der Waals surface area contributed by atoms with Crippen molar-refractivity contribution in [2.45, 2.75) is 30.7 Å². The van der Waals surface area contributed by atoms with Crippen molar-refractivity contribution in [2.24, 2.45) is 0 Å². The van der Waals surface area contributed by atoms with Crippen LogP contribution in [0.2, 0.25) is 0 Å². The van der Waals surface area contributed by atoms with Crippen LogP contribution in [0, 0.1) is 0 Å². The van der Waals surface area contributed by atoms with Gasteiger partial charge in [0, 0.05) is 11.7 Å². The third-order valence-electron chi connectivity index (χ3n) is 5.93. The Labute approximate surface area is 230 Å². The maximum Gasteiger partial charge on any atom is 0.694 e. The molecule has 0 amide bonds. The third-order valence-corrected chi connectivity index (χ3v) is 6.30. The number of hydrogen-bond donors (Lipinski definition) is 1. The van der Waals surface area contributed by atoms with Gasteiger partial charge in [-0.3, -0.25) is 0 Å². The van der Waals surface area contributed by atoms with Crippen LogP contribution >= 0.6 is 8.25 Å². The predicted molar refractivity (Wildman–Crippen MR) is 138 cm³/mol. The van der Waals surface area contributed by atoms with Gasteiger partial charge in [0.25, 0.3) is 0 Å². The van der Waals surface area contributed by atoms with Crippen molar-refractivity contribution in [3.8, 4) is 0 Å². The minimum absolute atomic E-state index is 0.176. The quantitative estimate of drug-likeness (QED) is 0.217. The number of ether oxygens (including phenoxy) is 5. The van der Waals surface area contributed by atoms with Gasteiger partial charge in [-0.05, 0) is 36.4 Å². The summed E-state index contributed by atoms with van der Waals surface area (Å²) in [6, 6.07) is 24.1. The molecule has 1 unspecified atom stereocenters. The molecule has 0 spiro atoms. The molecular weight excluding hydrogens is 543 g/mol. The third kappa shape index (κ3) is 7.35. The van der Waals surface area contributed by atoms with E-state index in [9.17, 15) is 23.8 Å². The van der Waals surface area contributed by atoms with Crippen molar-refractivity contribution >= 4 is 26.2 Å². The van der Waals surface area contributed by atoms with Crippen molar-refractivity contribution in [3.05, 3.63) is 108 Å².